The van der Waals surface area contributed by atoms with Crippen LogP contribution in [0.15, 0.2) is 24.3 Å². The van der Waals surface area contributed by atoms with E-state index in [2.05, 4.69) is 36.5 Å². The summed E-state index contributed by atoms with van der Waals surface area (Å²) in [5.74, 6) is 0.100. The van der Waals surface area contributed by atoms with Crippen LogP contribution in [0.2, 0.25) is 0 Å². The van der Waals surface area contributed by atoms with E-state index in [1.54, 1.807) is 0 Å². The summed E-state index contributed by atoms with van der Waals surface area (Å²) in [6.45, 7) is 3.47. The van der Waals surface area contributed by atoms with Crippen LogP contribution >= 0.6 is 0 Å². The molecule has 18 heavy (non-hydrogen) atoms. The lowest BCUT2D eigenvalue weighted by atomic mass is 10.1. The maximum absolute atomic E-state index is 11.4. The summed E-state index contributed by atoms with van der Waals surface area (Å²) in [6.07, 6.45) is 4.50. The first-order valence-electron chi connectivity index (χ1n) is 6.81. The minimum Gasteiger partial charge on any atom is -0.356 e. The Labute approximate surface area is 110 Å². The summed E-state index contributed by atoms with van der Waals surface area (Å²) in [4.78, 5) is 11.4. The molecule has 0 spiro atoms. The van der Waals surface area contributed by atoms with E-state index in [9.17, 15) is 4.79 Å². The summed E-state index contributed by atoms with van der Waals surface area (Å²) >= 11 is 0. The van der Waals surface area contributed by atoms with Crippen molar-refractivity contribution in [2.24, 2.45) is 5.73 Å². The molecule has 0 saturated heterocycles. The quantitative estimate of drug-likeness (QED) is 0.739. The molecule has 3 N–H and O–H groups in total. The second-order valence-electron chi connectivity index (χ2n) is 4.56. The van der Waals surface area contributed by atoms with Crippen LogP contribution in [0.3, 0.4) is 0 Å². The predicted octanol–water partition coefficient (Wildman–Crippen LogP) is 2.04. The highest BCUT2D eigenvalue weighted by atomic mass is 16.1. The van der Waals surface area contributed by atoms with Crippen molar-refractivity contribution in [1.82, 2.24) is 5.32 Å². The molecule has 1 rings (SSSR count). The van der Waals surface area contributed by atoms with Crippen molar-refractivity contribution in [3.05, 3.63) is 35.4 Å². The van der Waals surface area contributed by atoms with Crippen molar-refractivity contribution in [2.75, 3.05) is 13.1 Å². The fourth-order valence-corrected chi connectivity index (χ4v) is 1.86. The lowest BCUT2D eigenvalue weighted by Gasteiger charge is -2.06. The number of benzene rings is 1. The van der Waals surface area contributed by atoms with Gasteiger partial charge in [0.2, 0.25) is 5.91 Å². The Morgan fingerprint density at radius 2 is 1.78 bits per heavy atom. The second-order valence-corrected chi connectivity index (χ2v) is 4.56. The maximum atomic E-state index is 11.4. The first-order chi connectivity index (χ1) is 8.76. The van der Waals surface area contributed by atoms with Crippen LogP contribution in [-0.4, -0.2) is 19.0 Å². The summed E-state index contributed by atoms with van der Waals surface area (Å²) in [5.41, 5.74) is 8.01. The molecule has 0 aromatic heterocycles. The van der Waals surface area contributed by atoms with Crippen molar-refractivity contribution in [1.29, 1.82) is 0 Å². The van der Waals surface area contributed by atoms with Gasteiger partial charge in [-0.25, -0.2) is 0 Å². The van der Waals surface area contributed by atoms with Crippen molar-refractivity contribution >= 4 is 5.91 Å². The van der Waals surface area contributed by atoms with Gasteiger partial charge in [0.1, 0.15) is 0 Å². The van der Waals surface area contributed by atoms with Crippen LogP contribution in [0, 0.1) is 0 Å². The van der Waals surface area contributed by atoms with Gasteiger partial charge in [-0.3, -0.25) is 4.79 Å². The van der Waals surface area contributed by atoms with E-state index in [0.29, 0.717) is 19.5 Å². The third-order valence-electron chi connectivity index (χ3n) is 2.91. The van der Waals surface area contributed by atoms with Gasteiger partial charge in [-0.1, -0.05) is 37.6 Å². The summed E-state index contributed by atoms with van der Waals surface area (Å²) in [7, 11) is 0. The van der Waals surface area contributed by atoms with Crippen molar-refractivity contribution < 1.29 is 4.79 Å². The average Bonchev–Trinajstić information content (AvgIpc) is 2.39. The lowest BCUT2D eigenvalue weighted by Crippen LogP contribution is -2.25. The summed E-state index contributed by atoms with van der Waals surface area (Å²) < 4.78 is 0. The fraction of sp³-hybridized carbons (Fsp3) is 0.533. The highest BCUT2D eigenvalue weighted by Gasteiger charge is 2.00. The molecule has 0 saturated carbocycles. The molecular formula is C15H24N2O. The van der Waals surface area contributed by atoms with Crippen molar-refractivity contribution in [2.45, 2.75) is 39.0 Å². The number of aryl methyl sites for hydroxylation is 1. The van der Waals surface area contributed by atoms with E-state index in [0.717, 1.165) is 19.3 Å². The Bertz CT molecular complexity index is 346. The SMILES string of the molecule is CCCc1ccc(CCNC(=O)CCCN)cc1. The Hall–Kier alpha value is -1.35. The van der Waals surface area contributed by atoms with Crippen LogP contribution in [0.4, 0.5) is 0 Å². The van der Waals surface area contributed by atoms with Crippen LogP contribution in [-0.2, 0) is 17.6 Å². The maximum Gasteiger partial charge on any atom is 0.220 e. The molecule has 3 heteroatoms. The van der Waals surface area contributed by atoms with E-state index in [4.69, 9.17) is 5.73 Å². The molecule has 0 atom stereocenters. The molecule has 1 amide bonds. The minimum absolute atomic E-state index is 0.100. The van der Waals surface area contributed by atoms with Crippen LogP contribution in [0.25, 0.3) is 0 Å². The summed E-state index contributed by atoms with van der Waals surface area (Å²) in [6, 6.07) is 8.65. The number of nitrogens with one attached hydrogen (secondary N) is 1. The van der Waals surface area contributed by atoms with Crippen molar-refractivity contribution in [3.63, 3.8) is 0 Å². The van der Waals surface area contributed by atoms with Crippen LogP contribution in [0.1, 0.15) is 37.3 Å². The number of amides is 1. The molecule has 0 heterocycles. The highest BCUT2D eigenvalue weighted by molar-refractivity contribution is 5.75. The fourth-order valence-electron chi connectivity index (χ4n) is 1.86. The van der Waals surface area contributed by atoms with E-state index in [1.807, 2.05) is 0 Å². The van der Waals surface area contributed by atoms with Gasteiger partial charge in [-0.05, 0) is 36.9 Å². The highest BCUT2D eigenvalue weighted by Crippen LogP contribution is 2.06. The predicted molar refractivity (Wildman–Crippen MR) is 75.4 cm³/mol. The van der Waals surface area contributed by atoms with Gasteiger partial charge in [0, 0.05) is 13.0 Å². The molecule has 0 aliphatic heterocycles. The molecule has 0 fully saturated rings. The lowest BCUT2D eigenvalue weighted by molar-refractivity contribution is -0.121. The number of hydrogen-bond acceptors (Lipinski definition) is 2. The van der Waals surface area contributed by atoms with E-state index >= 15 is 0 Å². The Morgan fingerprint density at radius 3 is 2.33 bits per heavy atom. The Kier molecular flexibility index (Phi) is 7.11. The van der Waals surface area contributed by atoms with Crippen LogP contribution < -0.4 is 11.1 Å². The molecule has 1 aromatic carbocycles. The molecule has 0 aliphatic carbocycles. The third-order valence-corrected chi connectivity index (χ3v) is 2.91. The average molecular weight is 248 g/mol. The Morgan fingerprint density at radius 1 is 1.17 bits per heavy atom. The number of carbonyl (C=O) groups excluding carboxylic acids is 1. The largest absolute Gasteiger partial charge is 0.356 e. The van der Waals surface area contributed by atoms with Gasteiger partial charge in [-0.15, -0.1) is 0 Å². The van der Waals surface area contributed by atoms with Gasteiger partial charge >= 0.3 is 0 Å². The molecule has 3 nitrogen and oxygen atoms in total. The first kappa shape index (κ1) is 14.7. The smallest absolute Gasteiger partial charge is 0.220 e. The molecule has 0 bridgehead atoms. The molecular weight excluding hydrogens is 224 g/mol. The van der Waals surface area contributed by atoms with E-state index in [1.165, 1.54) is 17.5 Å². The van der Waals surface area contributed by atoms with Crippen LogP contribution in [0.5, 0.6) is 0 Å². The molecule has 1 aromatic rings. The zero-order valence-corrected chi connectivity index (χ0v) is 11.2. The number of hydrogen-bond donors (Lipinski definition) is 2. The standard InChI is InChI=1S/C15H24N2O/c1-2-4-13-6-8-14(9-7-13)10-12-17-15(18)5-3-11-16/h6-9H,2-5,10-12,16H2,1H3,(H,17,18). The van der Waals surface area contributed by atoms with E-state index < -0.39 is 0 Å². The zero-order valence-electron chi connectivity index (χ0n) is 11.2. The molecule has 0 aliphatic rings. The van der Waals surface area contributed by atoms with Gasteiger partial charge in [0.05, 0.1) is 0 Å². The zero-order chi connectivity index (χ0) is 13.2. The first-order valence-corrected chi connectivity index (χ1v) is 6.81. The second kappa shape index (κ2) is 8.70. The Balaban J connectivity index is 2.24. The summed E-state index contributed by atoms with van der Waals surface area (Å²) in [5, 5.41) is 2.91. The molecule has 100 valence electrons. The van der Waals surface area contributed by atoms with Gasteiger partial charge < -0.3 is 11.1 Å². The van der Waals surface area contributed by atoms with Crippen molar-refractivity contribution in [3.8, 4) is 0 Å². The number of rotatable bonds is 8. The topological polar surface area (TPSA) is 55.1 Å². The normalized spacial score (nSPS) is 10.3. The van der Waals surface area contributed by atoms with Gasteiger partial charge in [0.25, 0.3) is 0 Å². The van der Waals surface area contributed by atoms with Gasteiger partial charge in [-0.2, -0.15) is 0 Å². The molecule has 0 unspecified atom stereocenters. The molecule has 0 radical (unpaired) electrons. The van der Waals surface area contributed by atoms with Gasteiger partial charge in [0.15, 0.2) is 0 Å². The van der Waals surface area contributed by atoms with E-state index in [-0.39, 0.29) is 5.91 Å². The monoisotopic (exact) mass is 248 g/mol. The number of nitrogens with two attached hydrogens (primary N) is 1. The minimum atomic E-state index is 0.100. The number of carbonyl (C=O) groups is 1. The third kappa shape index (κ3) is 5.82.